The van der Waals surface area contributed by atoms with Gasteiger partial charge >= 0.3 is 0 Å². The van der Waals surface area contributed by atoms with E-state index in [2.05, 4.69) is 9.97 Å². The topological polar surface area (TPSA) is 80.2 Å². The number of amides is 1. The number of imidazole rings is 1. The zero-order valence-corrected chi connectivity index (χ0v) is 14.5. The number of hydrogen-bond donors (Lipinski definition) is 1. The number of hydrogen-bond acceptors (Lipinski definition) is 4. The van der Waals surface area contributed by atoms with Gasteiger partial charge in [0.15, 0.2) is 0 Å². The number of ether oxygens (including phenoxy) is 1. The van der Waals surface area contributed by atoms with Crippen molar-refractivity contribution in [2.45, 2.75) is 32.3 Å². The number of carbonyl (C=O) groups excluding carboxylic acids is 1. The summed E-state index contributed by atoms with van der Waals surface area (Å²) >= 11 is 0. The molecule has 4 rings (SSSR count). The molecule has 0 spiro atoms. The number of rotatable bonds is 2. The van der Waals surface area contributed by atoms with E-state index in [-0.39, 0.29) is 23.1 Å². The van der Waals surface area contributed by atoms with E-state index < -0.39 is 0 Å². The maximum absolute atomic E-state index is 12.9. The highest BCUT2D eigenvalue weighted by atomic mass is 16.5. The van der Waals surface area contributed by atoms with Crippen LogP contribution in [-0.4, -0.2) is 45.0 Å². The molecule has 2 aromatic rings. The van der Waals surface area contributed by atoms with Crippen molar-refractivity contribution < 1.29 is 9.53 Å². The van der Waals surface area contributed by atoms with Crippen molar-refractivity contribution in [3.8, 4) is 0 Å². The second-order valence-electron chi connectivity index (χ2n) is 6.83. The first-order valence-electron chi connectivity index (χ1n) is 8.68. The lowest BCUT2D eigenvalue weighted by Gasteiger charge is -2.32. The van der Waals surface area contributed by atoms with Gasteiger partial charge in [0.25, 0.3) is 11.5 Å². The Balaban J connectivity index is 1.58. The van der Waals surface area contributed by atoms with Crippen LogP contribution in [0.5, 0.6) is 0 Å². The van der Waals surface area contributed by atoms with Crippen molar-refractivity contribution in [3.63, 3.8) is 0 Å². The predicted octanol–water partition coefficient (Wildman–Crippen LogP) is 1.12. The fraction of sp³-hybridized carbons (Fsp3) is 0.500. The van der Waals surface area contributed by atoms with Crippen LogP contribution in [0.15, 0.2) is 17.1 Å². The Morgan fingerprint density at radius 2 is 2.24 bits per heavy atom. The van der Waals surface area contributed by atoms with E-state index in [1.807, 2.05) is 24.7 Å². The summed E-state index contributed by atoms with van der Waals surface area (Å²) < 4.78 is 7.74. The number of fused-ring (bicyclic) bond motifs is 1. The molecule has 1 saturated heterocycles. The van der Waals surface area contributed by atoms with Crippen molar-refractivity contribution in [2.24, 2.45) is 7.05 Å². The van der Waals surface area contributed by atoms with Gasteiger partial charge in [-0.05, 0) is 37.8 Å². The average molecular weight is 342 g/mol. The first-order chi connectivity index (χ1) is 12.0. The molecule has 132 valence electrons. The van der Waals surface area contributed by atoms with Gasteiger partial charge in [0.2, 0.25) is 0 Å². The second-order valence-corrected chi connectivity index (χ2v) is 6.83. The lowest BCUT2D eigenvalue weighted by Crippen LogP contribution is -2.44. The van der Waals surface area contributed by atoms with Crippen LogP contribution in [0.3, 0.4) is 0 Å². The molecular weight excluding hydrogens is 320 g/mol. The van der Waals surface area contributed by atoms with Gasteiger partial charge in [-0.3, -0.25) is 9.59 Å². The fourth-order valence-electron chi connectivity index (χ4n) is 3.77. The van der Waals surface area contributed by atoms with Crippen LogP contribution in [0, 0.1) is 6.92 Å². The van der Waals surface area contributed by atoms with Gasteiger partial charge in [-0.1, -0.05) is 0 Å². The molecule has 2 aromatic heterocycles. The molecule has 0 unspecified atom stereocenters. The number of pyridine rings is 1. The number of carbonyl (C=O) groups is 1. The second kappa shape index (κ2) is 6.15. The standard InChI is InChI=1S/C18H22N4O3/c1-11-9-21(2)16(19-11)15-10-22(6-7-25-15)18(24)13-8-12-4-3-5-14(12)20-17(13)23/h8-9,15H,3-7,10H2,1-2H3,(H,20,23)/t15-/m1/s1. The Kier molecular flexibility index (Phi) is 3.95. The Morgan fingerprint density at radius 1 is 1.40 bits per heavy atom. The molecule has 2 aliphatic rings. The van der Waals surface area contributed by atoms with Crippen LogP contribution < -0.4 is 5.56 Å². The monoisotopic (exact) mass is 342 g/mol. The van der Waals surface area contributed by atoms with Gasteiger partial charge in [0.1, 0.15) is 17.5 Å². The van der Waals surface area contributed by atoms with Crippen LogP contribution in [0.25, 0.3) is 0 Å². The van der Waals surface area contributed by atoms with Crippen LogP contribution in [0.1, 0.15) is 45.7 Å². The van der Waals surface area contributed by atoms with E-state index in [1.165, 1.54) is 0 Å². The third-order valence-electron chi connectivity index (χ3n) is 4.99. The molecule has 1 N–H and O–H groups in total. The maximum Gasteiger partial charge on any atom is 0.261 e. The van der Waals surface area contributed by atoms with E-state index in [4.69, 9.17) is 4.74 Å². The minimum atomic E-state index is -0.290. The minimum Gasteiger partial charge on any atom is -0.367 e. The molecule has 0 aromatic carbocycles. The summed E-state index contributed by atoms with van der Waals surface area (Å²) in [6.45, 7) is 3.25. The quantitative estimate of drug-likeness (QED) is 0.887. The predicted molar refractivity (Wildman–Crippen MR) is 91.6 cm³/mol. The molecule has 1 atom stereocenters. The summed E-state index contributed by atoms with van der Waals surface area (Å²) in [6.07, 6.45) is 4.50. The molecule has 7 heteroatoms. The molecule has 7 nitrogen and oxygen atoms in total. The minimum absolute atomic E-state index is 0.227. The molecule has 0 radical (unpaired) electrons. The molecule has 3 heterocycles. The Bertz CT molecular complexity index is 883. The first-order valence-corrected chi connectivity index (χ1v) is 8.68. The van der Waals surface area contributed by atoms with Crippen LogP contribution >= 0.6 is 0 Å². The Hall–Kier alpha value is -2.41. The van der Waals surface area contributed by atoms with Crippen LogP contribution in [0.2, 0.25) is 0 Å². The number of nitrogens with one attached hydrogen (secondary N) is 1. The van der Waals surface area contributed by atoms with Gasteiger partial charge in [0.05, 0.1) is 18.8 Å². The third kappa shape index (κ3) is 2.89. The maximum atomic E-state index is 12.9. The summed E-state index contributed by atoms with van der Waals surface area (Å²) in [6, 6.07) is 1.78. The zero-order valence-electron chi connectivity index (χ0n) is 14.5. The number of H-pyrrole nitrogens is 1. The molecular formula is C18H22N4O3. The van der Waals surface area contributed by atoms with E-state index >= 15 is 0 Å². The molecule has 0 bridgehead atoms. The van der Waals surface area contributed by atoms with Gasteiger partial charge < -0.3 is 19.2 Å². The van der Waals surface area contributed by atoms with Crippen molar-refractivity contribution in [1.82, 2.24) is 19.4 Å². The number of nitrogens with zero attached hydrogens (tertiary/aromatic N) is 3. The molecule has 0 saturated carbocycles. The molecule has 25 heavy (non-hydrogen) atoms. The molecule has 1 fully saturated rings. The molecule has 1 aliphatic heterocycles. The Morgan fingerprint density at radius 3 is 3.00 bits per heavy atom. The van der Waals surface area contributed by atoms with Crippen molar-refractivity contribution in [3.05, 3.63) is 51.0 Å². The summed E-state index contributed by atoms with van der Waals surface area (Å²) in [4.78, 5) is 34.3. The summed E-state index contributed by atoms with van der Waals surface area (Å²) in [5.74, 6) is 0.577. The normalized spacial score (nSPS) is 19.9. The lowest BCUT2D eigenvalue weighted by atomic mass is 10.1. The average Bonchev–Trinajstić information content (AvgIpc) is 3.18. The van der Waals surface area contributed by atoms with Gasteiger partial charge in [-0.25, -0.2) is 4.98 Å². The molecule has 1 aliphatic carbocycles. The van der Waals surface area contributed by atoms with Crippen molar-refractivity contribution in [1.29, 1.82) is 0 Å². The zero-order chi connectivity index (χ0) is 17.6. The van der Waals surface area contributed by atoms with Gasteiger partial charge in [-0.15, -0.1) is 0 Å². The number of aromatic nitrogens is 3. The van der Waals surface area contributed by atoms with E-state index in [9.17, 15) is 9.59 Å². The van der Waals surface area contributed by atoms with E-state index in [0.29, 0.717) is 19.7 Å². The first kappa shape index (κ1) is 16.1. The van der Waals surface area contributed by atoms with E-state index in [0.717, 1.165) is 42.0 Å². The highest BCUT2D eigenvalue weighted by Crippen LogP contribution is 2.23. The van der Waals surface area contributed by atoms with Gasteiger partial charge in [-0.2, -0.15) is 0 Å². The summed E-state index contributed by atoms with van der Waals surface area (Å²) in [5, 5.41) is 0. The number of aromatic amines is 1. The fourth-order valence-corrected chi connectivity index (χ4v) is 3.77. The SMILES string of the molecule is Cc1cn(C)c([C@H]2CN(C(=O)c3cc4c([nH]c3=O)CCC4)CCO2)n1. The highest BCUT2D eigenvalue weighted by Gasteiger charge is 2.30. The third-order valence-corrected chi connectivity index (χ3v) is 4.99. The van der Waals surface area contributed by atoms with Crippen LogP contribution in [-0.2, 0) is 24.6 Å². The largest absolute Gasteiger partial charge is 0.367 e. The molecule has 1 amide bonds. The van der Waals surface area contributed by atoms with Crippen molar-refractivity contribution >= 4 is 5.91 Å². The van der Waals surface area contributed by atoms with Gasteiger partial charge in [0, 0.05) is 25.5 Å². The lowest BCUT2D eigenvalue weighted by molar-refractivity contribution is -0.0280. The summed E-state index contributed by atoms with van der Waals surface area (Å²) in [7, 11) is 1.92. The van der Waals surface area contributed by atoms with Crippen molar-refractivity contribution in [2.75, 3.05) is 19.7 Å². The van der Waals surface area contributed by atoms with Crippen LogP contribution in [0.4, 0.5) is 0 Å². The number of morpholine rings is 1. The Labute approximate surface area is 145 Å². The number of aryl methyl sites for hydroxylation is 4. The highest BCUT2D eigenvalue weighted by molar-refractivity contribution is 5.94. The smallest absolute Gasteiger partial charge is 0.261 e. The van der Waals surface area contributed by atoms with E-state index in [1.54, 1.807) is 11.0 Å². The summed E-state index contributed by atoms with van der Waals surface area (Å²) in [5.41, 5.74) is 2.93.